The topological polar surface area (TPSA) is 37.4 Å². The molecule has 1 aromatic carbocycles. The van der Waals surface area contributed by atoms with Gasteiger partial charge in [0, 0.05) is 17.3 Å². The van der Waals surface area contributed by atoms with E-state index < -0.39 is 10.0 Å². The minimum Gasteiger partial charge on any atom is -0.207 e. The van der Waals surface area contributed by atoms with Gasteiger partial charge < -0.3 is 0 Å². The van der Waals surface area contributed by atoms with Crippen LogP contribution in [0.15, 0.2) is 41.3 Å². The highest BCUT2D eigenvalue weighted by atomic mass is 79.9. The van der Waals surface area contributed by atoms with Gasteiger partial charge in [-0.25, -0.2) is 8.42 Å². The summed E-state index contributed by atoms with van der Waals surface area (Å²) in [7, 11) is -3.56. The first-order valence-electron chi connectivity index (χ1n) is 8.81. The Kier molecular flexibility index (Phi) is 7.74. The van der Waals surface area contributed by atoms with Crippen molar-refractivity contribution in [1.82, 2.24) is 4.31 Å². The molecule has 0 amide bonds. The van der Waals surface area contributed by atoms with E-state index in [0.717, 1.165) is 37.7 Å². The van der Waals surface area contributed by atoms with Crippen molar-refractivity contribution in [2.75, 3.05) is 6.54 Å². The molecule has 1 aromatic rings. The second-order valence-corrected chi connectivity index (χ2v) is 9.43. The van der Waals surface area contributed by atoms with Crippen molar-refractivity contribution in [3.63, 3.8) is 0 Å². The van der Waals surface area contributed by atoms with Crippen LogP contribution < -0.4 is 0 Å². The zero-order chi connectivity index (χ0) is 18.3. The molecule has 0 radical (unpaired) electrons. The summed E-state index contributed by atoms with van der Waals surface area (Å²) in [4.78, 5) is 0.658. The molecule has 2 rings (SSSR count). The highest BCUT2D eigenvalue weighted by Crippen LogP contribution is 2.26. The third kappa shape index (κ3) is 5.70. The standard InChI is InChI=1S/C20H26BrNO2S/c1-3-4-5-6-7-16-22(19-12-10-18(21)11-13-19)25(23,24)20-14-8-17(2)9-15-20/h8-10,12,14-15,18-19H,3-5,11,13,16H2,1-2H3. The molecule has 1 aliphatic carbocycles. The normalized spacial score (nSPS) is 20.3. The average Bonchev–Trinajstić information content (AvgIpc) is 2.59. The molecule has 25 heavy (non-hydrogen) atoms. The fraction of sp³-hybridized carbons (Fsp3) is 0.500. The molecule has 0 heterocycles. The molecule has 0 aliphatic heterocycles. The molecule has 0 spiro atoms. The minimum atomic E-state index is -3.56. The van der Waals surface area contributed by atoms with Crippen LogP contribution in [0.4, 0.5) is 0 Å². The summed E-state index contributed by atoms with van der Waals surface area (Å²) in [6, 6.07) is 6.90. The third-order valence-corrected chi connectivity index (χ3v) is 6.94. The smallest absolute Gasteiger partial charge is 0.207 e. The van der Waals surface area contributed by atoms with Gasteiger partial charge in [-0.1, -0.05) is 65.0 Å². The predicted molar refractivity (Wildman–Crippen MR) is 107 cm³/mol. The number of alkyl halides is 1. The summed E-state index contributed by atoms with van der Waals surface area (Å²) in [5.41, 5.74) is 1.05. The summed E-state index contributed by atoms with van der Waals surface area (Å²) in [5, 5.41) is 0. The monoisotopic (exact) mass is 423 g/mol. The van der Waals surface area contributed by atoms with E-state index >= 15 is 0 Å². The van der Waals surface area contributed by atoms with Crippen LogP contribution in [-0.4, -0.2) is 30.1 Å². The first-order valence-corrected chi connectivity index (χ1v) is 11.2. The van der Waals surface area contributed by atoms with E-state index in [0.29, 0.717) is 9.72 Å². The second-order valence-electron chi connectivity index (χ2n) is 6.37. The predicted octanol–water partition coefficient (Wildman–Crippen LogP) is 4.66. The number of halogens is 1. The van der Waals surface area contributed by atoms with Crippen molar-refractivity contribution in [2.45, 2.75) is 61.7 Å². The lowest BCUT2D eigenvalue weighted by atomic mass is 10.0. The molecule has 0 N–H and O–H groups in total. The maximum atomic E-state index is 13.2. The number of aryl methyl sites for hydroxylation is 1. The van der Waals surface area contributed by atoms with Gasteiger partial charge in [0.1, 0.15) is 0 Å². The minimum absolute atomic E-state index is 0.138. The first kappa shape index (κ1) is 20.2. The molecule has 2 unspecified atom stereocenters. The van der Waals surface area contributed by atoms with Gasteiger partial charge in [0.25, 0.3) is 0 Å². The number of benzene rings is 1. The second kappa shape index (κ2) is 9.56. The van der Waals surface area contributed by atoms with Gasteiger partial charge in [-0.3, -0.25) is 0 Å². The number of hydrogen-bond donors (Lipinski definition) is 0. The average molecular weight is 424 g/mol. The first-order chi connectivity index (χ1) is 11.9. The van der Waals surface area contributed by atoms with Gasteiger partial charge in [-0.2, -0.15) is 4.31 Å². The summed E-state index contributed by atoms with van der Waals surface area (Å²) in [5.74, 6) is 6.18. The van der Waals surface area contributed by atoms with Crippen molar-refractivity contribution in [3.8, 4) is 11.8 Å². The van der Waals surface area contributed by atoms with Crippen LogP contribution in [0.3, 0.4) is 0 Å². The lowest BCUT2D eigenvalue weighted by molar-refractivity contribution is 0.366. The molecule has 0 saturated heterocycles. The highest BCUT2D eigenvalue weighted by molar-refractivity contribution is 9.09. The van der Waals surface area contributed by atoms with Gasteiger partial charge in [0.15, 0.2) is 0 Å². The van der Waals surface area contributed by atoms with Crippen LogP contribution in [0, 0.1) is 18.8 Å². The molecule has 0 aromatic heterocycles. The van der Waals surface area contributed by atoms with E-state index in [4.69, 9.17) is 0 Å². The molecule has 2 atom stereocenters. The van der Waals surface area contributed by atoms with Crippen LogP contribution in [0.2, 0.25) is 0 Å². The zero-order valence-corrected chi connectivity index (χ0v) is 17.3. The largest absolute Gasteiger partial charge is 0.244 e. The Morgan fingerprint density at radius 2 is 1.88 bits per heavy atom. The Bertz CT molecular complexity index is 744. The van der Waals surface area contributed by atoms with Gasteiger partial charge in [0.2, 0.25) is 10.0 Å². The molecule has 0 bridgehead atoms. The fourth-order valence-corrected chi connectivity index (χ4v) is 4.68. The lowest BCUT2D eigenvalue weighted by Crippen LogP contribution is -2.41. The maximum absolute atomic E-state index is 13.2. The zero-order valence-electron chi connectivity index (χ0n) is 14.9. The van der Waals surface area contributed by atoms with E-state index in [-0.39, 0.29) is 12.6 Å². The van der Waals surface area contributed by atoms with Crippen molar-refractivity contribution in [2.24, 2.45) is 0 Å². The SMILES string of the molecule is CCCCC#CCN(C1C=CC(Br)CC1)S(=O)(=O)c1ccc(C)cc1. The quantitative estimate of drug-likeness (QED) is 0.288. The van der Waals surface area contributed by atoms with E-state index in [9.17, 15) is 8.42 Å². The number of hydrogen-bond acceptors (Lipinski definition) is 2. The summed E-state index contributed by atoms with van der Waals surface area (Å²) < 4.78 is 27.9. The summed E-state index contributed by atoms with van der Waals surface area (Å²) in [6.45, 7) is 4.31. The van der Waals surface area contributed by atoms with E-state index in [1.807, 2.05) is 31.2 Å². The number of rotatable bonds is 6. The van der Waals surface area contributed by atoms with E-state index in [1.165, 1.54) is 0 Å². The molecule has 136 valence electrons. The van der Waals surface area contributed by atoms with Crippen LogP contribution >= 0.6 is 15.9 Å². The van der Waals surface area contributed by atoms with Gasteiger partial charge in [-0.15, -0.1) is 5.92 Å². The summed E-state index contributed by atoms with van der Waals surface area (Å²) in [6.07, 6.45) is 8.71. The van der Waals surface area contributed by atoms with Gasteiger partial charge in [0.05, 0.1) is 11.4 Å². The molecular formula is C20H26BrNO2S. The van der Waals surface area contributed by atoms with E-state index in [2.05, 4.69) is 34.7 Å². The maximum Gasteiger partial charge on any atom is 0.244 e. The molecule has 5 heteroatoms. The number of sulfonamides is 1. The van der Waals surface area contributed by atoms with Crippen molar-refractivity contribution < 1.29 is 8.42 Å². The van der Waals surface area contributed by atoms with Crippen molar-refractivity contribution in [1.29, 1.82) is 0 Å². The Morgan fingerprint density at radius 1 is 1.16 bits per heavy atom. The molecular weight excluding hydrogens is 398 g/mol. The Labute approximate surface area is 160 Å². The number of unbranched alkanes of at least 4 members (excludes halogenated alkanes) is 2. The van der Waals surface area contributed by atoms with Crippen LogP contribution in [0.5, 0.6) is 0 Å². The van der Waals surface area contributed by atoms with Crippen molar-refractivity contribution in [3.05, 3.63) is 42.0 Å². The van der Waals surface area contributed by atoms with Crippen LogP contribution in [-0.2, 0) is 10.0 Å². The molecule has 0 saturated carbocycles. The van der Waals surface area contributed by atoms with Crippen molar-refractivity contribution >= 4 is 26.0 Å². The Hall–Kier alpha value is -1.09. The number of nitrogens with zero attached hydrogens (tertiary/aromatic N) is 1. The van der Waals surface area contributed by atoms with Crippen LogP contribution in [0.25, 0.3) is 0 Å². The molecule has 3 nitrogen and oxygen atoms in total. The Balaban J connectivity index is 2.27. The molecule has 0 fully saturated rings. The van der Waals surface area contributed by atoms with E-state index in [1.54, 1.807) is 16.4 Å². The highest BCUT2D eigenvalue weighted by Gasteiger charge is 2.31. The van der Waals surface area contributed by atoms with Gasteiger partial charge in [-0.05, 0) is 38.3 Å². The van der Waals surface area contributed by atoms with Gasteiger partial charge >= 0.3 is 0 Å². The third-order valence-electron chi connectivity index (χ3n) is 4.29. The fourth-order valence-electron chi connectivity index (χ4n) is 2.72. The Morgan fingerprint density at radius 3 is 2.48 bits per heavy atom. The molecule has 1 aliphatic rings. The lowest BCUT2D eigenvalue weighted by Gasteiger charge is -2.30. The van der Waals surface area contributed by atoms with Crippen LogP contribution in [0.1, 0.15) is 44.6 Å². The summed E-state index contributed by atoms with van der Waals surface area (Å²) >= 11 is 3.57. The number of allylic oxidation sites excluding steroid dienone is 1.